The zero-order valence-corrected chi connectivity index (χ0v) is 20.1. The topological polar surface area (TPSA) is 89.7 Å². The largest absolute Gasteiger partial charge is 0.484 e. The van der Waals surface area contributed by atoms with Crippen LogP contribution < -0.4 is 4.74 Å². The summed E-state index contributed by atoms with van der Waals surface area (Å²) in [5.41, 5.74) is -1.05. The second-order valence-electron chi connectivity index (χ2n) is 9.37. The van der Waals surface area contributed by atoms with Crippen LogP contribution in [0.3, 0.4) is 0 Å². The van der Waals surface area contributed by atoms with Gasteiger partial charge in [-0.1, -0.05) is 5.16 Å². The highest BCUT2D eigenvalue weighted by molar-refractivity contribution is 7.90. The molecule has 1 amide bonds. The molecular weight excluding hydrogens is 499 g/mol. The Bertz CT molecular complexity index is 1280. The molecule has 1 aromatic heterocycles. The Kier molecular flexibility index (Phi) is 5.73. The van der Waals surface area contributed by atoms with Crippen molar-refractivity contribution in [1.29, 1.82) is 0 Å². The van der Waals surface area contributed by atoms with Gasteiger partial charge in [0.2, 0.25) is 5.76 Å². The van der Waals surface area contributed by atoms with E-state index in [1.165, 1.54) is 11.8 Å². The van der Waals surface area contributed by atoms with Crippen molar-refractivity contribution in [3.8, 4) is 5.75 Å². The molecule has 1 aliphatic carbocycles. The first kappa shape index (κ1) is 25.4. The Morgan fingerprint density at radius 3 is 2.49 bits per heavy atom. The number of sulfone groups is 1. The van der Waals surface area contributed by atoms with E-state index in [4.69, 9.17) is 4.74 Å². The Morgan fingerprint density at radius 2 is 1.94 bits per heavy atom. The second-order valence-corrected chi connectivity index (χ2v) is 11.4. The molecule has 3 unspecified atom stereocenters. The number of nitrogens with zero attached hydrogens (tertiary/aromatic N) is 2. The maximum atomic E-state index is 13.7. The zero-order chi connectivity index (χ0) is 26.1. The minimum Gasteiger partial charge on any atom is -0.484 e. The lowest BCUT2D eigenvalue weighted by Gasteiger charge is -2.25. The molecule has 1 aromatic carbocycles. The Labute approximate surface area is 198 Å². The molecule has 0 N–H and O–H groups in total. The van der Waals surface area contributed by atoms with Crippen molar-refractivity contribution in [3.63, 3.8) is 0 Å². The summed E-state index contributed by atoms with van der Waals surface area (Å²) in [4.78, 5) is 14.5. The zero-order valence-electron chi connectivity index (χ0n) is 19.2. The van der Waals surface area contributed by atoms with Gasteiger partial charge in [-0.2, -0.15) is 13.2 Å². The SMILES string of the molecule is Cc1c(C23CC2CN(C(=O)c2cc(S(C)(=O)=O)ccc2OC(C)C(C)(F)F)C3)noc1C(F)(F)F. The summed E-state index contributed by atoms with van der Waals surface area (Å²) in [6.45, 7) is 3.22. The minimum atomic E-state index is -4.71. The van der Waals surface area contributed by atoms with Gasteiger partial charge < -0.3 is 14.2 Å². The Morgan fingerprint density at radius 1 is 1.29 bits per heavy atom. The molecule has 4 rings (SSSR count). The average Bonchev–Trinajstić information content (AvgIpc) is 3.05. The summed E-state index contributed by atoms with van der Waals surface area (Å²) in [7, 11) is -3.73. The van der Waals surface area contributed by atoms with Crippen LogP contribution in [0.25, 0.3) is 0 Å². The number of hydrogen-bond donors (Lipinski definition) is 0. The first-order valence-electron chi connectivity index (χ1n) is 10.7. The number of ether oxygens (including phenoxy) is 1. The van der Waals surface area contributed by atoms with E-state index in [1.54, 1.807) is 0 Å². The summed E-state index contributed by atoms with van der Waals surface area (Å²) in [5.74, 6) is -5.50. The van der Waals surface area contributed by atoms with Gasteiger partial charge in [0, 0.05) is 37.2 Å². The number of aromatic nitrogens is 1. The van der Waals surface area contributed by atoms with Gasteiger partial charge in [-0.25, -0.2) is 17.2 Å². The summed E-state index contributed by atoms with van der Waals surface area (Å²) in [6.07, 6.45) is -4.88. The molecule has 3 atom stereocenters. The Balaban J connectivity index is 1.66. The fourth-order valence-electron chi connectivity index (χ4n) is 4.54. The van der Waals surface area contributed by atoms with Crippen molar-refractivity contribution in [2.24, 2.45) is 5.92 Å². The number of fused-ring (bicyclic) bond motifs is 1. The summed E-state index contributed by atoms with van der Waals surface area (Å²) in [6, 6.07) is 3.37. The van der Waals surface area contributed by atoms with Crippen LogP contribution in [0.5, 0.6) is 5.75 Å². The van der Waals surface area contributed by atoms with Crippen LogP contribution in [0.15, 0.2) is 27.6 Å². The molecule has 2 fully saturated rings. The van der Waals surface area contributed by atoms with Gasteiger partial charge in [-0.15, -0.1) is 0 Å². The summed E-state index contributed by atoms with van der Waals surface area (Å²) in [5, 5.41) is 3.65. The van der Waals surface area contributed by atoms with Gasteiger partial charge in [0.25, 0.3) is 11.8 Å². The molecule has 1 saturated carbocycles. The maximum Gasteiger partial charge on any atom is 0.452 e. The molecule has 1 saturated heterocycles. The first-order chi connectivity index (χ1) is 15.9. The predicted molar refractivity (Wildman–Crippen MR) is 112 cm³/mol. The molecule has 7 nitrogen and oxygen atoms in total. The lowest BCUT2D eigenvalue weighted by molar-refractivity contribution is -0.156. The van der Waals surface area contributed by atoms with Crippen molar-refractivity contribution in [1.82, 2.24) is 10.1 Å². The van der Waals surface area contributed by atoms with Crippen LogP contribution in [-0.2, 0) is 21.4 Å². The second kappa shape index (κ2) is 7.90. The van der Waals surface area contributed by atoms with Gasteiger partial charge in [0.15, 0.2) is 15.9 Å². The molecule has 0 radical (unpaired) electrons. The van der Waals surface area contributed by atoms with Gasteiger partial charge >= 0.3 is 6.18 Å². The highest BCUT2D eigenvalue weighted by Crippen LogP contribution is 2.60. The third kappa shape index (κ3) is 4.50. The van der Waals surface area contributed by atoms with Gasteiger partial charge in [0.05, 0.1) is 16.2 Å². The van der Waals surface area contributed by atoms with E-state index in [2.05, 4.69) is 9.68 Å². The van der Waals surface area contributed by atoms with Crippen molar-refractivity contribution in [2.45, 2.75) is 55.7 Å². The van der Waals surface area contributed by atoms with Crippen molar-refractivity contribution in [3.05, 3.63) is 40.8 Å². The van der Waals surface area contributed by atoms with Gasteiger partial charge in [-0.05, 0) is 44.4 Å². The number of alkyl halides is 5. The highest BCUT2D eigenvalue weighted by Gasteiger charge is 2.64. The van der Waals surface area contributed by atoms with E-state index in [0.717, 1.165) is 31.4 Å². The van der Waals surface area contributed by atoms with Crippen molar-refractivity contribution < 1.29 is 44.4 Å². The number of carbonyl (C=O) groups is 1. The Hall–Kier alpha value is -2.70. The molecule has 13 heteroatoms. The number of benzene rings is 1. The third-order valence-corrected chi connectivity index (χ3v) is 7.82. The molecule has 0 bridgehead atoms. The fraction of sp³-hybridized carbons (Fsp3) is 0.545. The number of halogens is 5. The van der Waals surface area contributed by atoms with Crippen molar-refractivity contribution >= 4 is 15.7 Å². The number of hydrogen-bond acceptors (Lipinski definition) is 6. The first-order valence-corrected chi connectivity index (χ1v) is 12.6. The van der Waals surface area contributed by atoms with Crippen LogP contribution in [0.2, 0.25) is 0 Å². The lowest BCUT2D eigenvalue weighted by Crippen LogP contribution is -2.35. The highest BCUT2D eigenvalue weighted by atomic mass is 32.2. The average molecular weight is 522 g/mol. The van der Waals surface area contributed by atoms with E-state index in [9.17, 15) is 35.2 Å². The van der Waals surface area contributed by atoms with Gasteiger partial charge in [0.1, 0.15) is 5.75 Å². The standard InChI is InChI=1S/C22H23F5N2O5S/c1-11-17(28-34-18(11)22(25,26)27)21-8-13(21)9-29(10-21)19(30)15-7-14(35(4,31)32)5-6-16(15)33-12(2)20(3,23)24/h5-7,12-13H,8-10H2,1-4H3. The molecule has 1 aliphatic heterocycles. The van der Waals surface area contributed by atoms with E-state index < -0.39 is 45.1 Å². The van der Waals surface area contributed by atoms with Gasteiger partial charge in [-0.3, -0.25) is 4.79 Å². The summed E-state index contributed by atoms with van der Waals surface area (Å²) >= 11 is 0. The van der Waals surface area contributed by atoms with E-state index >= 15 is 0 Å². The number of likely N-dealkylation sites (tertiary alicyclic amines) is 1. The quantitative estimate of drug-likeness (QED) is 0.528. The number of piperidine rings is 1. The van der Waals surface area contributed by atoms with E-state index in [0.29, 0.717) is 13.3 Å². The fourth-order valence-corrected chi connectivity index (χ4v) is 5.19. The molecule has 192 valence electrons. The van der Waals surface area contributed by atoms with E-state index in [-0.39, 0.29) is 46.5 Å². The van der Waals surface area contributed by atoms with Crippen LogP contribution >= 0.6 is 0 Å². The van der Waals surface area contributed by atoms with E-state index in [1.807, 2.05) is 0 Å². The molecule has 2 aromatic rings. The number of rotatable bonds is 6. The van der Waals surface area contributed by atoms with Crippen LogP contribution in [0, 0.1) is 12.8 Å². The smallest absolute Gasteiger partial charge is 0.452 e. The number of amides is 1. The minimum absolute atomic E-state index is 0.0171. The predicted octanol–water partition coefficient (Wildman–Crippen LogP) is 4.24. The summed E-state index contributed by atoms with van der Waals surface area (Å²) < 4.78 is 101. The van der Waals surface area contributed by atoms with Crippen molar-refractivity contribution in [2.75, 3.05) is 19.3 Å². The molecule has 35 heavy (non-hydrogen) atoms. The third-order valence-electron chi connectivity index (χ3n) is 6.71. The monoisotopic (exact) mass is 522 g/mol. The molecular formula is C22H23F5N2O5S. The van der Waals surface area contributed by atoms with Crippen LogP contribution in [-0.4, -0.2) is 55.8 Å². The number of carbonyl (C=O) groups excluding carboxylic acids is 1. The van der Waals surface area contributed by atoms with Crippen LogP contribution in [0.4, 0.5) is 22.0 Å². The molecule has 2 heterocycles. The molecule has 0 spiro atoms. The maximum absolute atomic E-state index is 13.7. The lowest BCUT2D eigenvalue weighted by atomic mass is 9.97. The normalized spacial score (nSPS) is 23.2. The van der Waals surface area contributed by atoms with Crippen LogP contribution in [0.1, 0.15) is 47.6 Å². The molecule has 2 aliphatic rings.